The number of aromatic nitrogens is 3. The van der Waals surface area contributed by atoms with Gasteiger partial charge in [-0.3, -0.25) is 4.79 Å². The molecule has 0 bridgehead atoms. The van der Waals surface area contributed by atoms with E-state index in [0.29, 0.717) is 24.8 Å². The van der Waals surface area contributed by atoms with E-state index in [0.717, 1.165) is 17.4 Å². The molecule has 0 atom stereocenters. The van der Waals surface area contributed by atoms with Gasteiger partial charge in [0, 0.05) is 13.1 Å². The molecule has 5 nitrogen and oxygen atoms in total. The van der Waals surface area contributed by atoms with Gasteiger partial charge >= 0.3 is 0 Å². The van der Waals surface area contributed by atoms with Crippen LogP contribution in [-0.2, 0) is 17.8 Å². The van der Waals surface area contributed by atoms with Gasteiger partial charge < -0.3 is 9.88 Å². The SMILES string of the molecule is C=CCn1c(C)nnc1SCC(=O)NCCc1ccc(C(C)C)cc1. The molecule has 1 heterocycles. The maximum Gasteiger partial charge on any atom is 0.230 e. The highest BCUT2D eigenvalue weighted by Gasteiger charge is 2.10. The number of benzene rings is 1. The quantitative estimate of drug-likeness (QED) is 0.552. The minimum atomic E-state index is 0.00890. The van der Waals surface area contributed by atoms with Crippen molar-refractivity contribution in [3.63, 3.8) is 0 Å². The second kappa shape index (κ2) is 9.42. The second-order valence-electron chi connectivity index (χ2n) is 6.21. The van der Waals surface area contributed by atoms with Crippen LogP contribution in [0.3, 0.4) is 0 Å². The molecule has 0 aliphatic heterocycles. The van der Waals surface area contributed by atoms with Crippen molar-refractivity contribution in [2.75, 3.05) is 12.3 Å². The molecule has 2 rings (SSSR count). The van der Waals surface area contributed by atoms with Crippen LogP contribution in [-0.4, -0.2) is 33.0 Å². The average molecular weight is 359 g/mol. The van der Waals surface area contributed by atoms with E-state index >= 15 is 0 Å². The van der Waals surface area contributed by atoms with Crippen molar-refractivity contribution in [1.82, 2.24) is 20.1 Å². The second-order valence-corrected chi connectivity index (χ2v) is 7.16. The lowest BCUT2D eigenvalue weighted by atomic mass is 10.0. The topological polar surface area (TPSA) is 59.8 Å². The molecule has 0 radical (unpaired) electrons. The van der Waals surface area contributed by atoms with Crippen molar-refractivity contribution in [3.8, 4) is 0 Å². The summed E-state index contributed by atoms with van der Waals surface area (Å²) < 4.78 is 1.95. The van der Waals surface area contributed by atoms with Crippen LogP contribution in [0.5, 0.6) is 0 Å². The predicted octanol–water partition coefficient (Wildman–Crippen LogP) is 3.35. The summed E-state index contributed by atoms with van der Waals surface area (Å²) in [6, 6.07) is 8.59. The fourth-order valence-electron chi connectivity index (χ4n) is 2.40. The van der Waals surface area contributed by atoms with E-state index in [1.807, 2.05) is 11.5 Å². The highest BCUT2D eigenvalue weighted by atomic mass is 32.2. The molecule has 1 N–H and O–H groups in total. The van der Waals surface area contributed by atoms with Crippen molar-refractivity contribution < 1.29 is 4.79 Å². The number of nitrogens with one attached hydrogen (secondary N) is 1. The minimum Gasteiger partial charge on any atom is -0.355 e. The first-order valence-corrected chi connectivity index (χ1v) is 9.49. The van der Waals surface area contributed by atoms with Crippen LogP contribution in [0.4, 0.5) is 0 Å². The Hall–Kier alpha value is -2.08. The van der Waals surface area contributed by atoms with Gasteiger partial charge in [-0.1, -0.05) is 56.0 Å². The zero-order chi connectivity index (χ0) is 18.2. The molecule has 25 heavy (non-hydrogen) atoms. The maximum absolute atomic E-state index is 12.0. The highest BCUT2D eigenvalue weighted by molar-refractivity contribution is 7.99. The van der Waals surface area contributed by atoms with Gasteiger partial charge in [-0.2, -0.15) is 0 Å². The Balaban J connectivity index is 1.75. The summed E-state index contributed by atoms with van der Waals surface area (Å²) in [7, 11) is 0. The monoisotopic (exact) mass is 358 g/mol. The lowest BCUT2D eigenvalue weighted by Gasteiger charge is -2.08. The van der Waals surface area contributed by atoms with Crippen molar-refractivity contribution >= 4 is 17.7 Å². The number of allylic oxidation sites excluding steroid dienone is 1. The van der Waals surface area contributed by atoms with Gasteiger partial charge in [0.1, 0.15) is 5.82 Å². The number of hydrogen-bond donors (Lipinski definition) is 1. The van der Waals surface area contributed by atoms with E-state index in [2.05, 4.69) is 60.2 Å². The number of hydrogen-bond acceptors (Lipinski definition) is 4. The molecule has 0 unspecified atom stereocenters. The molecule has 1 aromatic heterocycles. The average Bonchev–Trinajstić information content (AvgIpc) is 2.94. The summed E-state index contributed by atoms with van der Waals surface area (Å²) in [6.07, 6.45) is 2.63. The van der Waals surface area contributed by atoms with Crippen LogP contribution in [0.2, 0.25) is 0 Å². The minimum absolute atomic E-state index is 0.00890. The first kappa shape index (κ1) is 19.2. The number of rotatable bonds is 9. The Morgan fingerprint density at radius 2 is 2.04 bits per heavy atom. The molecule has 134 valence electrons. The predicted molar refractivity (Wildman–Crippen MR) is 103 cm³/mol. The number of aryl methyl sites for hydroxylation is 1. The molecule has 0 spiro atoms. The highest BCUT2D eigenvalue weighted by Crippen LogP contribution is 2.17. The third-order valence-electron chi connectivity index (χ3n) is 3.93. The summed E-state index contributed by atoms with van der Waals surface area (Å²) in [5, 5.41) is 11.9. The Morgan fingerprint density at radius 1 is 1.32 bits per heavy atom. The Morgan fingerprint density at radius 3 is 2.68 bits per heavy atom. The fourth-order valence-corrected chi connectivity index (χ4v) is 3.23. The molecule has 0 fully saturated rings. The standard InChI is InChI=1S/C19H26N4OS/c1-5-12-23-15(4)21-22-19(23)25-13-18(24)20-11-10-16-6-8-17(9-7-16)14(2)3/h5-9,14H,1,10-13H2,2-4H3,(H,20,24). The molecule has 0 aliphatic carbocycles. The van der Waals surface area contributed by atoms with Crippen LogP contribution in [0.25, 0.3) is 0 Å². The molecular formula is C19H26N4OS. The molecule has 0 aliphatic rings. The smallest absolute Gasteiger partial charge is 0.230 e. The van der Waals surface area contributed by atoms with Crippen LogP contribution < -0.4 is 5.32 Å². The lowest BCUT2D eigenvalue weighted by Crippen LogP contribution is -2.27. The third kappa shape index (κ3) is 5.74. The van der Waals surface area contributed by atoms with Crippen molar-refractivity contribution in [3.05, 3.63) is 53.9 Å². The van der Waals surface area contributed by atoms with Gasteiger partial charge in [-0.25, -0.2) is 0 Å². The molecule has 1 amide bonds. The molecule has 2 aromatic rings. The number of carbonyl (C=O) groups excluding carboxylic acids is 1. The molecular weight excluding hydrogens is 332 g/mol. The van der Waals surface area contributed by atoms with Crippen LogP contribution in [0.1, 0.15) is 36.7 Å². The summed E-state index contributed by atoms with van der Waals surface area (Å²) >= 11 is 1.40. The third-order valence-corrected chi connectivity index (χ3v) is 4.89. The number of carbonyl (C=O) groups is 1. The van der Waals surface area contributed by atoms with Gasteiger partial charge in [-0.05, 0) is 30.4 Å². The number of amides is 1. The number of thioether (sulfide) groups is 1. The first-order chi connectivity index (χ1) is 12.0. The van der Waals surface area contributed by atoms with Gasteiger partial charge in [0.15, 0.2) is 5.16 Å². The van der Waals surface area contributed by atoms with Gasteiger partial charge in [0.25, 0.3) is 0 Å². The van der Waals surface area contributed by atoms with E-state index in [1.54, 1.807) is 6.08 Å². The largest absolute Gasteiger partial charge is 0.355 e. The zero-order valence-electron chi connectivity index (χ0n) is 15.2. The Kier molecular flexibility index (Phi) is 7.25. The number of nitrogens with zero attached hydrogens (tertiary/aromatic N) is 3. The molecule has 1 aromatic carbocycles. The van der Waals surface area contributed by atoms with Gasteiger partial charge in [-0.15, -0.1) is 16.8 Å². The van der Waals surface area contributed by atoms with Crippen LogP contribution in [0.15, 0.2) is 42.1 Å². The van der Waals surface area contributed by atoms with E-state index in [9.17, 15) is 4.79 Å². The summed E-state index contributed by atoms with van der Waals surface area (Å²) in [5.74, 6) is 1.71. The summed E-state index contributed by atoms with van der Waals surface area (Å²) in [4.78, 5) is 12.0. The Labute approximate surface area is 153 Å². The Bertz CT molecular complexity index is 707. The normalized spacial score (nSPS) is 10.9. The molecule has 0 saturated carbocycles. The summed E-state index contributed by atoms with van der Waals surface area (Å²) in [5.41, 5.74) is 2.57. The van der Waals surface area contributed by atoms with Gasteiger partial charge in [0.05, 0.1) is 5.75 Å². The van der Waals surface area contributed by atoms with Crippen molar-refractivity contribution in [1.29, 1.82) is 0 Å². The van der Waals surface area contributed by atoms with E-state index in [4.69, 9.17) is 0 Å². The van der Waals surface area contributed by atoms with E-state index in [1.165, 1.54) is 22.9 Å². The van der Waals surface area contributed by atoms with Crippen molar-refractivity contribution in [2.24, 2.45) is 0 Å². The van der Waals surface area contributed by atoms with E-state index in [-0.39, 0.29) is 5.91 Å². The van der Waals surface area contributed by atoms with Gasteiger partial charge in [0.2, 0.25) is 5.91 Å². The van der Waals surface area contributed by atoms with Crippen molar-refractivity contribution in [2.45, 2.75) is 44.8 Å². The van der Waals surface area contributed by atoms with E-state index < -0.39 is 0 Å². The molecule has 0 saturated heterocycles. The van der Waals surface area contributed by atoms with Crippen LogP contribution >= 0.6 is 11.8 Å². The fraction of sp³-hybridized carbons (Fsp3) is 0.421. The lowest BCUT2D eigenvalue weighted by molar-refractivity contribution is -0.118. The first-order valence-electron chi connectivity index (χ1n) is 8.50. The zero-order valence-corrected chi connectivity index (χ0v) is 16.0. The maximum atomic E-state index is 12.0. The van der Waals surface area contributed by atoms with Crippen LogP contribution in [0, 0.1) is 6.92 Å². The molecule has 6 heteroatoms. The summed E-state index contributed by atoms with van der Waals surface area (Å²) in [6.45, 7) is 11.3.